The second-order valence-electron chi connectivity index (χ2n) is 8.78. The number of allylic oxidation sites excluding steroid dienone is 1. The Kier molecular flexibility index (Phi) is 8.76. The Morgan fingerprint density at radius 3 is 2.57 bits per heavy atom. The zero-order valence-electron chi connectivity index (χ0n) is 21.0. The SMILES string of the molecule is C=C1CCC(n2nc(C)c3cccc(NCCOCCOCCOc4ccc(N)cc4)c3c2=O)C(=O)N1. The summed E-state index contributed by atoms with van der Waals surface area (Å²) < 4.78 is 18.1. The van der Waals surface area contributed by atoms with Gasteiger partial charge in [0.1, 0.15) is 18.4 Å². The number of aryl methyl sites for hydroxylation is 1. The Labute approximate surface area is 215 Å². The molecule has 1 amide bonds. The molecule has 1 aliphatic heterocycles. The highest BCUT2D eigenvalue weighted by Gasteiger charge is 2.28. The topological polar surface area (TPSA) is 130 Å². The Morgan fingerprint density at radius 1 is 1.08 bits per heavy atom. The molecule has 1 unspecified atom stereocenters. The van der Waals surface area contributed by atoms with Crippen molar-refractivity contribution in [3.8, 4) is 5.75 Å². The average molecular weight is 508 g/mol. The van der Waals surface area contributed by atoms with Gasteiger partial charge < -0.3 is 30.6 Å². The molecule has 0 saturated carbocycles. The van der Waals surface area contributed by atoms with Crippen LogP contribution >= 0.6 is 0 Å². The molecule has 0 radical (unpaired) electrons. The van der Waals surface area contributed by atoms with Crippen LogP contribution in [0.4, 0.5) is 11.4 Å². The van der Waals surface area contributed by atoms with Crippen molar-refractivity contribution in [1.29, 1.82) is 0 Å². The van der Waals surface area contributed by atoms with Crippen LogP contribution in [-0.2, 0) is 14.3 Å². The van der Waals surface area contributed by atoms with E-state index in [0.29, 0.717) is 80.6 Å². The summed E-state index contributed by atoms with van der Waals surface area (Å²) in [5.74, 6) is 0.488. The molecule has 1 atom stereocenters. The fourth-order valence-corrected chi connectivity index (χ4v) is 4.18. The maximum atomic E-state index is 13.4. The molecule has 2 heterocycles. The normalized spacial score (nSPS) is 15.5. The smallest absolute Gasteiger partial charge is 0.277 e. The minimum absolute atomic E-state index is 0.262. The molecule has 0 aliphatic carbocycles. The van der Waals surface area contributed by atoms with Crippen LogP contribution in [0, 0.1) is 6.92 Å². The van der Waals surface area contributed by atoms with Crippen LogP contribution in [0.25, 0.3) is 10.8 Å². The van der Waals surface area contributed by atoms with Crippen molar-refractivity contribution in [1.82, 2.24) is 15.1 Å². The van der Waals surface area contributed by atoms with Gasteiger partial charge in [0.05, 0.1) is 37.5 Å². The second-order valence-corrected chi connectivity index (χ2v) is 8.78. The number of carbonyl (C=O) groups is 1. The molecule has 37 heavy (non-hydrogen) atoms. The number of fused-ring (bicyclic) bond motifs is 1. The number of aromatic nitrogens is 2. The van der Waals surface area contributed by atoms with Crippen LogP contribution in [0.5, 0.6) is 5.75 Å². The van der Waals surface area contributed by atoms with E-state index in [-0.39, 0.29) is 11.5 Å². The van der Waals surface area contributed by atoms with Crippen molar-refractivity contribution < 1.29 is 19.0 Å². The third-order valence-electron chi connectivity index (χ3n) is 6.06. The fourth-order valence-electron chi connectivity index (χ4n) is 4.18. The van der Waals surface area contributed by atoms with Crippen molar-refractivity contribution in [3.63, 3.8) is 0 Å². The molecular formula is C27H33N5O5. The number of amides is 1. The van der Waals surface area contributed by atoms with Gasteiger partial charge in [-0.3, -0.25) is 9.59 Å². The molecular weight excluding hydrogens is 474 g/mol. The number of nitrogens with zero attached hydrogens (tertiary/aromatic N) is 2. The maximum Gasteiger partial charge on any atom is 0.277 e. The number of nitrogen functional groups attached to an aromatic ring is 1. The van der Waals surface area contributed by atoms with Crippen molar-refractivity contribution in [2.45, 2.75) is 25.8 Å². The lowest BCUT2D eigenvalue weighted by Gasteiger charge is -2.25. The standard InChI is InChI=1S/C27H33N5O5/c1-18-6-11-24(26(33)30-18)32-27(34)25-22(19(2)31-32)4-3-5-23(25)29-12-13-35-14-15-36-16-17-37-21-9-7-20(28)8-10-21/h3-5,7-10,24,29H,1,6,11-17,28H2,2H3,(H,30,33). The highest BCUT2D eigenvalue weighted by molar-refractivity contribution is 5.94. The summed E-state index contributed by atoms with van der Waals surface area (Å²) >= 11 is 0. The first-order valence-electron chi connectivity index (χ1n) is 12.3. The molecule has 10 nitrogen and oxygen atoms in total. The van der Waals surface area contributed by atoms with E-state index in [2.05, 4.69) is 22.3 Å². The summed E-state index contributed by atoms with van der Waals surface area (Å²) in [6.45, 7) is 8.37. The van der Waals surface area contributed by atoms with Crippen LogP contribution in [0.2, 0.25) is 0 Å². The number of anilines is 2. The summed E-state index contributed by atoms with van der Waals surface area (Å²) in [5, 5.41) is 11.7. The lowest BCUT2D eigenvalue weighted by Crippen LogP contribution is -2.41. The first kappa shape index (κ1) is 26.2. The van der Waals surface area contributed by atoms with Gasteiger partial charge in [-0.05, 0) is 50.1 Å². The number of benzene rings is 2. The highest BCUT2D eigenvalue weighted by Crippen LogP contribution is 2.25. The molecule has 1 saturated heterocycles. The third-order valence-corrected chi connectivity index (χ3v) is 6.06. The van der Waals surface area contributed by atoms with Crippen molar-refractivity contribution >= 4 is 28.1 Å². The van der Waals surface area contributed by atoms with E-state index in [9.17, 15) is 9.59 Å². The van der Waals surface area contributed by atoms with Gasteiger partial charge in [0.25, 0.3) is 5.56 Å². The summed E-state index contributed by atoms with van der Waals surface area (Å²) in [5.41, 5.74) is 8.07. The summed E-state index contributed by atoms with van der Waals surface area (Å²) in [4.78, 5) is 25.9. The minimum Gasteiger partial charge on any atom is -0.491 e. The molecule has 2 aromatic carbocycles. The zero-order valence-corrected chi connectivity index (χ0v) is 21.0. The van der Waals surface area contributed by atoms with Crippen molar-refractivity contribution in [2.24, 2.45) is 0 Å². The predicted molar refractivity (Wildman–Crippen MR) is 143 cm³/mol. The van der Waals surface area contributed by atoms with Crippen LogP contribution in [0.15, 0.2) is 59.5 Å². The number of carbonyl (C=O) groups excluding carboxylic acids is 1. The van der Waals surface area contributed by atoms with Crippen LogP contribution in [-0.4, -0.2) is 55.3 Å². The summed E-state index contributed by atoms with van der Waals surface area (Å²) in [6.07, 6.45) is 1.10. The average Bonchev–Trinajstić information content (AvgIpc) is 2.88. The van der Waals surface area contributed by atoms with E-state index in [0.717, 1.165) is 11.1 Å². The number of piperidine rings is 1. The summed E-state index contributed by atoms with van der Waals surface area (Å²) in [6, 6.07) is 12.1. The summed E-state index contributed by atoms with van der Waals surface area (Å²) in [7, 11) is 0. The Hall–Kier alpha value is -3.89. The largest absolute Gasteiger partial charge is 0.491 e. The second kappa shape index (κ2) is 12.4. The first-order valence-corrected chi connectivity index (χ1v) is 12.3. The molecule has 3 aromatic rings. The van der Waals surface area contributed by atoms with Crippen molar-refractivity contribution in [2.75, 3.05) is 50.6 Å². The van der Waals surface area contributed by atoms with E-state index < -0.39 is 6.04 Å². The monoisotopic (exact) mass is 507 g/mol. The number of rotatable bonds is 12. The van der Waals surface area contributed by atoms with E-state index in [1.54, 1.807) is 12.1 Å². The van der Waals surface area contributed by atoms with Gasteiger partial charge in [0.2, 0.25) is 5.91 Å². The molecule has 196 valence electrons. The molecule has 4 N–H and O–H groups in total. The lowest BCUT2D eigenvalue weighted by atomic mass is 10.0. The van der Waals surface area contributed by atoms with Crippen LogP contribution < -0.4 is 26.7 Å². The predicted octanol–water partition coefficient (Wildman–Crippen LogP) is 2.78. The van der Waals surface area contributed by atoms with Gasteiger partial charge in [0.15, 0.2) is 0 Å². The molecule has 1 aliphatic rings. The Morgan fingerprint density at radius 2 is 1.81 bits per heavy atom. The Balaban J connectivity index is 1.25. The number of hydrogen-bond donors (Lipinski definition) is 3. The van der Waals surface area contributed by atoms with Crippen LogP contribution in [0.3, 0.4) is 0 Å². The van der Waals surface area contributed by atoms with E-state index in [1.165, 1.54) is 4.68 Å². The molecule has 1 aromatic heterocycles. The molecule has 0 spiro atoms. The Bertz CT molecular complexity index is 1310. The van der Waals surface area contributed by atoms with Gasteiger partial charge in [-0.15, -0.1) is 0 Å². The van der Waals surface area contributed by atoms with Crippen molar-refractivity contribution in [3.05, 3.63) is 70.8 Å². The fraction of sp³-hybridized carbons (Fsp3) is 0.370. The first-order chi connectivity index (χ1) is 17.9. The molecule has 10 heteroatoms. The van der Waals surface area contributed by atoms with E-state index >= 15 is 0 Å². The highest BCUT2D eigenvalue weighted by atomic mass is 16.5. The van der Waals surface area contributed by atoms with E-state index in [1.807, 2.05) is 37.3 Å². The van der Waals surface area contributed by atoms with Gasteiger partial charge >= 0.3 is 0 Å². The maximum absolute atomic E-state index is 13.4. The van der Waals surface area contributed by atoms with Crippen LogP contribution in [0.1, 0.15) is 24.6 Å². The zero-order chi connectivity index (χ0) is 26.2. The van der Waals surface area contributed by atoms with Gasteiger partial charge in [-0.25, -0.2) is 4.68 Å². The molecule has 0 bridgehead atoms. The number of hydrogen-bond acceptors (Lipinski definition) is 8. The van der Waals surface area contributed by atoms with Gasteiger partial charge in [-0.2, -0.15) is 5.10 Å². The third kappa shape index (κ3) is 6.66. The number of ether oxygens (including phenoxy) is 3. The molecule has 4 rings (SSSR count). The van der Waals surface area contributed by atoms with Gasteiger partial charge in [-0.1, -0.05) is 18.7 Å². The van der Waals surface area contributed by atoms with Gasteiger partial charge in [0, 0.05) is 29.0 Å². The minimum atomic E-state index is -0.658. The van der Waals surface area contributed by atoms with E-state index in [4.69, 9.17) is 19.9 Å². The quantitative estimate of drug-likeness (QED) is 0.252. The number of nitrogens with two attached hydrogens (primary N) is 1. The molecule has 1 fully saturated rings. The lowest BCUT2D eigenvalue weighted by molar-refractivity contribution is -0.125. The number of nitrogens with one attached hydrogen (secondary N) is 2.